The standard InChI is InChI=1S/C25H21N3O3/c1-16-22(23(27-31-16)18-8-3-2-4-9-18)24(29)20-13-21(26-14-20)25(30)28-12-11-17-7-5-6-10-19(17)15-28/h2-10,13-14,26H,11-12,15H2,1H3. The van der Waals surface area contributed by atoms with Crippen molar-refractivity contribution in [2.45, 2.75) is 19.9 Å². The number of nitrogens with one attached hydrogen (secondary N) is 1. The molecule has 31 heavy (non-hydrogen) atoms. The summed E-state index contributed by atoms with van der Waals surface area (Å²) in [4.78, 5) is 31.1. The van der Waals surface area contributed by atoms with E-state index in [1.165, 1.54) is 5.56 Å². The quantitative estimate of drug-likeness (QED) is 0.505. The van der Waals surface area contributed by atoms with Crippen LogP contribution in [0.3, 0.4) is 0 Å². The van der Waals surface area contributed by atoms with Crippen molar-refractivity contribution in [3.8, 4) is 11.3 Å². The molecule has 0 radical (unpaired) electrons. The van der Waals surface area contributed by atoms with Gasteiger partial charge in [0.25, 0.3) is 5.91 Å². The summed E-state index contributed by atoms with van der Waals surface area (Å²) in [6.45, 7) is 2.94. The second kappa shape index (κ2) is 7.72. The first-order chi connectivity index (χ1) is 15.1. The van der Waals surface area contributed by atoms with Crippen LogP contribution in [0.5, 0.6) is 0 Å². The van der Waals surface area contributed by atoms with E-state index in [1.54, 1.807) is 19.2 Å². The molecule has 2 aromatic heterocycles. The molecule has 0 aliphatic carbocycles. The Balaban J connectivity index is 1.40. The monoisotopic (exact) mass is 411 g/mol. The molecular weight excluding hydrogens is 390 g/mol. The van der Waals surface area contributed by atoms with E-state index in [0.29, 0.717) is 41.4 Å². The van der Waals surface area contributed by atoms with Crippen LogP contribution in [0.1, 0.15) is 43.3 Å². The zero-order valence-corrected chi connectivity index (χ0v) is 17.1. The fourth-order valence-corrected chi connectivity index (χ4v) is 4.07. The van der Waals surface area contributed by atoms with E-state index in [2.05, 4.69) is 22.3 Å². The summed E-state index contributed by atoms with van der Waals surface area (Å²) >= 11 is 0. The van der Waals surface area contributed by atoms with Crippen LogP contribution in [0.2, 0.25) is 0 Å². The zero-order chi connectivity index (χ0) is 21.4. The van der Waals surface area contributed by atoms with Gasteiger partial charge in [-0.15, -0.1) is 0 Å². The van der Waals surface area contributed by atoms with Crippen LogP contribution in [0.4, 0.5) is 0 Å². The van der Waals surface area contributed by atoms with E-state index in [1.807, 2.05) is 47.4 Å². The molecule has 3 heterocycles. The van der Waals surface area contributed by atoms with Crippen LogP contribution in [-0.2, 0) is 13.0 Å². The topological polar surface area (TPSA) is 79.2 Å². The molecule has 1 amide bonds. The highest BCUT2D eigenvalue weighted by Crippen LogP contribution is 2.28. The summed E-state index contributed by atoms with van der Waals surface area (Å²) in [6.07, 6.45) is 2.41. The van der Waals surface area contributed by atoms with Gasteiger partial charge in [-0.05, 0) is 30.5 Å². The Hall–Kier alpha value is -3.93. The van der Waals surface area contributed by atoms with Gasteiger partial charge in [0.2, 0.25) is 0 Å². The van der Waals surface area contributed by atoms with E-state index in [4.69, 9.17) is 4.52 Å². The van der Waals surface area contributed by atoms with Gasteiger partial charge >= 0.3 is 0 Å². The summed E-state index contributed by atoms with van der Waals surface area (Å²) in [5.41, 5.74) is 4.98. The van der Waals surface area contributed by atoms with Gasteiger partial charge in [-0.25, -0.2) is 0 Å². The van der Waals surface area contributed by atoms with Crippen molar-refractivity contribution in [1.82, 2.24) is 15.0 Å². The molecule has 5 rings (SSSR count). The van der Waals surface area contributed by atoms with Gasteiger partial charge in [0.15, 0.2) is 5.78 Å². The molecule has 1 aliphatic heterocycles. The first-order valence-corrected chi connectivity index (χ1v) is 10.2. The molecule has 0 atom stereocenters. The molecule has 154 valence electrons. The maximum atomic E-state index is 13.3. The minimum atomic E-state index is -0.225. The molecule has 0 saturated carbocycles. The van der Waals surface area contributed by atoms with E-state index in [9.17, 15) is 9.59 Å². The maximum absolute atomic E-state index is 13.3. The number of carbonyl (C=O) groups is 2. The number of fused-ring (bicyclic) bond motifs is 1. The fraction of sp³-hybridized carbons (Fsp3) is 0.160. The lowest BCUT2D eigenvalue weighted by atomic mass is 9.99. The second-order valence-electron chi connectivity index (χ2n) is 7.70. The third-order valence-electron chi connectivity index (χ3n) is 5.73. The Morgan fingerprint density at radius 2 is 1.77 bits per heavy atom. The number of ketones is 1. The molecule has 6 heteroatoms. The zero-order valence-electron chi connectivity index (χ0n) is 17.1. The number of carbonyl (C=O) groups excluding carboxylic acids is 2. The summed E-state index contributed by atoms with van der Waals surface area (Å²) in [6, 6.07) is 19.2. The van der Waals surface area contributed by atoms with Gasteiger partial charge in [0.05, 0.1) is 5.56 Å². The van der Waals surface area contributed by atoms with Crippen molar-refractivity contribution < 1.29 is 14.1 Å². The minimum Gasteiger partial charge on any atom is -0.360 e. The Kier molecular flexibility index (Phi) is 4.75. The predicted octanol–water partition coefficient (Wildman–Crippen LogP) is 4.41. The van der Waals surface area contributed by atoms with Crippen LogP contribution in [0, 0.1) is 6.92 Å². The third kappa shape index (κ3) is 3.46. The predicted molar refractivity (Wildman–Crippen MR) is 116 cm³/mol. The summed E-state index contributed by atoms with van der Waals surface area (Å²) in [5.74, 6) is 0.112. The number of hydrogen-bond acceptors (Lipinski definition) is 4. The number of nitrogens with zero attached hydrogens (tertiary/aromatic N) is 2. The molecule has 0 unspecified atom stereocenters. The first-order valence-electron chi connectivity index (χ1n) is 10.2. The second-order valence-corrected chi connectivity index (χ2v) is 7.70. The lowest BCUT2D eigenvalue weighted by Crippen LogP contribution is -2.36. The van der Waals surface area contributed by atoms with Gasteiger partial charge in [0, 0.05) is 30.4 Å². The van der Waals surface area contributed by atoms with Crippen LogP contribution in [0.15, 0.2) is 71.4 Å². The Bertz CT molecular complexity index is 1270. The Labute approximate surface area is 179 Å². The van der Waals surface area contributed by atoms with Crippen molar-refractivity contribution in [3.63, 3.8) is 0 Å². The van der Waals surface area contributed by atoms with Crippen molar-refractivity contribution in [2.75, 3.05) is 6.54 Å². The van der Waals surface area contributed by atoms with Crippen molar-refractivity contribution in [3.05, 3.63) is 101 Å². The number of benzene rings is 2. The van der Waals surface area contributed by atoms with E-state index in [0.717, 1.165) is 17.5 Å². The first kappa shape index (κ1) is 19.1. The smallest absolute Gasteiger partial charge is 0.270 e. The molecule has 0 bridgehead atoms. The number of aromatic amines is 1. The molecule has 6 nitrogen and oxygen atoms in total. The van der Waals surface area contributed by atoms with E-state index in [-0.39, 0.29) is 11.7 Å². The van der Waals surface area contributed by atoms with Crippen LogP contribution in [0.25, 0.3) is 11.3 Å². The largest absolute Gasteiger partial charge is 0.360 e. The van der Waals surface area contributed by atoms with Gasteiger partial charge < -0.3 is 14.4 Å². The van der Waals surface area contributed by atoms with Gasteiger partial charge in [-0.1, -0.05) is 59.8 Å². The Morgan fingerprint density at radius 1 is 1.03 bits per heavy atom. The summed E-state index contributed by atoms with van der Waals surface area (Å²) in [5, 5.41) is 4.09. The van der Waals surface area contributed by atoms with Gasteiger partial charge in [-0.3, -0.25) is 9.59 Å². The number of aromatic nitrogens is 2. The number of H-pyrrole nitrogens is 1. The van der Waals surface area contributed by atoms with Crippen LogP contribution < -0.4 is 0 Å². The lowest BCUT2D eigenvalue weighted by molar-refractivity contribution is 0.0729. The highest BCUT2D eigenvalue weighted by atomic mass is 16.5. The normalized spacial score (nSPS) is 13.1. The molecule has 0 saturated heterocycles. The average Bonchev–Trinajstić information content (AvgIpc) is 3.46. The molecule has 0 spiro atoms. The van der Waals surface area contributed by atoms with Crippen LogP contribution in [-0.4, -0.2) is 33.3 Å². The number of aryl methyl sites for hydroxylation is 1. The molecular formula is C25H21N3O3. The minimum absolute atomic E-state index is 0.112. The third-order valence-corrected chi connectivity index (χ3v) is 5.73. The van der Waals surface area contributed by atoms with Crippen molar-refractivity contribution >= 4 is 11.7 Å². The van der Waals surface area contributed by atoms with Crippen LogP contribution >= 0.6 is 0 Å². The number of hydrogen-bond donors (Lipinski definition) is 1. The van der Waals surface area contributed by atoms with E-state index >= 15 is 0 Å². The number of amides is 1. The molecule has 1 N–H and O–H groups in total. The Morgan fingerprint density at radius 3 is 2.58 bits per heavy atom. The molecule has 0 fully saturated rings. The number of rotatable bonds is 4. The van der Waals surface area contributed by atoms with Crippen molar-refractivity contribution in [1.29, 1.82) is 0 Å². The molecule has 2 aromatic carbocycles. The SMILES string of the molecule is Cc1onc(-c2ccccc2)c1C(=O)c1c[nH]c(C(=O)N2CCc3ccccc3C2)c1. The maximum Gasteiger partial charge on any atom is 0.270 e. The highest BCUT2D eigenvalue weighted by Gasteiger charge is 2.26. The molecule has 1 aliphatic rings. The summed E-state index contributed by atoms with van der Waals surface area (Å²) in [7, 11) is 0. The fourth-order valence-electron chi connectivity index (χ4n) is 4.07. The average molecular weight is 411 g/mol. The van der Waals surface area contributed by atoms with E-state index < -0.39 is 0 Å². The highest BCUT2D eigenvalue weighted by molar-refractivity contribution is 6.13. The summed E-state index contributed by atoms with van der Waals surface area (Å²) < 4.78 is 5.32. The van der Waals surface area contributed by atoms with Gasteiger partial charge in [0.1, 0.15) is 17.1 Å². The molecule has 4 aromatic rings. The van der Waals surface area contributed by atoms with Gasteiger partial charge in [-0.2, -0.15) is 0 Å². The van der Waals surface area contributed by atoms with Crippen molar-refractivity contribution in [2.24, 2.45) is 0 Å². The lowest BCUT2D eigenvalue weighted by Gasteiger charge is -2.28.